The molecule has 0 fully saturated rings. The molecule has 0 radical (unpaired) electrons. The van der Waals surface area contributed by atoms with E-state index in [1.54, 1.807) is 29.1 Å². The van der Waals surface area contributed by atoms with E-state index in [2.05, 4.69) is 10.3 Å². The molecule has 6 heteroatoms. The summed E-state index contributed by atoms with van der Waals surface area (Å²) in [6.45, 7) is 2.68. The van der Waals surface area contributed by atoms with Crippen LogP contribution in [0, 0.1) is 5.82 Å². The fourth-order valence-electron chi connectivity index (χ4n) is 1.66. The van der Waals surface area contributed by atoms with Crippen molar-refractivity contribution >= 4 is 17.7 Å². The Morgan fingerprint density at radius 3 is 3.10 bits per heavy atom. The van der Waals surface area contributed by atoms with Gasteiger partial charge in [-0.15, -0.1) is 0 Å². The molecule has 0 spiro atoms. The topological polar surface area (TPSA) is 46.9 Å². The van der Waals surface area contributed by atoms with Crippen molar-refractivity contribution in [3.05, 3.63) is 42.5 Å². The molecule has 0 aliphatic heterocycles. The summed E-state index contributed by atoms with van der Waals surface area (Å²) >= 11 is 1.33. The summed E-state index contributed by atoms with van der Waals surface area (Å²) in [7, 11) is 0. The summed E-state index contributed by atoms with van der Waals surface area (Å²) < 4.78 is 15.0. The standard InChI is InChI=1S/C14H16FN3OS/c1-2-6-16-13(19)10-20-14-17-7-8-18(14)12-5-3-4-11(15)9-12/h3-5,7-9H,2,6,10H2,1H3,(H,16,19). The van der Waals surface area contributed by atoms with Gasteiger partial charge in [-0.05, 0) is 24.6 Å². The van der Waals surface area contributed by atoms with Crippen LogP contribution in [-0.4, -0.2) is 27.8 Å². The third-order valence-electron chi connectivity index (χ3n) is 2.60. The number of nitrogens with one attached hydrogen (secondary N) is 1. The maximum absolute atomic E-state index is 13.2. The van der Waals surface area contributed by atoms with Gasteiger partial charge in [-0.1, -0.05) is 24.8 Å². The van der Waals surface area contributed by atoms with Crippen LogP contribution in [0.3, 0.4) is 0 Å². The number of carbonyl (C=O) groups excluding carboxylic acids is 1. The minimum Gasteiger partial charge on any atom is -0.355 e. The molecule has 2 aromatic rings. The smallest absolute Gasteiger partial charge is 0.230 e. The molecule has 0 saturated carbocycles. The molecule has 0 aliphatic rings. The van der Waals surface area contributed by atoms with Crippen LogP contribution in [0.15, 0.2) is 41.8 Å². The van der Waals surface area contributed by atoms with E-state index in [9.17, 15) is 9.18 Å². The molecule has 0 atom stereocenters. The SMILES string of the molecule is CCCNC(=O)CSc1nccn1-c1cccc(F)c1. The monoisotopic (exact) mass is 293 g/mol. The van der Waals surface area contributed by atoms with Gasteiger partial charge in [0.1, 0.15) is 5.82 Å². The molecule has 4 nitrogen and oxygen atoms in total. The van der Waals surface area contributed by atoms with Crippen molar-refractivity contribution in [3.63, 3.8) is 0 Å². The lowest BCUT2D eigenvalue weighted by Crippen LogP contribution is -2.25. The van der Waals surface area contributed by atoms with Gasteiger partial charge in [0.15, 0.2) is 5.16 Å². The minimum atomic E-state index is -0.298. The Labute approximate surface area is 121 Å². The summed E-state index contributed by atoms with van der Waals surface area (Å²) in [5.41, 5.74) is 0.693. The van der Waals surface area contributed by atoms with E-state index in [4.69, 9.17) is 0 Å². The maximum Gasteiger partial charge on any atom is 0.230 e. The van der Waals surface area contributed by atoms with E-state index in [0.717, 1.165) is 6.42 Å². The van der Waals surface area contributed by atoms with Crippen LogP contribution >= 0.6 is 11.8 Å². The van der Waals surface area contributed by atoms with Gasteiger partial charge in [-0.3, -0.25) is 9.36 Å². The highest BCUT2D eigenvalue weighted by atomic mass is 32.2. The molecule has 0 unspecified atom stereocenters. The largest absolute Gasteiger partial charge is 0.355 e. The van der Waals surface area contributed by atoms with Crippen molar-refractivity contribution in [1.29, 1.82) is 0 Å². The van der Waals surface area contributed by atoms with Crippen molar-refractivity contribution in [3.8, 4) is 5.69 Å². The fraction of sp³-hybridized carbons (Fsp3) is 0.286. The molecule has 1 aromatic heterocycles. The predicted molar refractivity (Wildman–Crippen MR) is 77.5 cm³/mol. The summed E-state index contributed by atoms with van der Waals surface area (Å²) in [6, 6.07) is 6.27. The minimum absolute atomic E-state index is 0.0226. The van der Waals surface area contributed by atoms with Gasteiger partial charge in [0.05, 0.1) is 11.4 Å². The Morgan fingerprint density at radius 2 is 2.35 bits per heavy atom. The number of amides is 1. The Balaban J connectivity index is 2.04. The number of thioether (sulfide) groups is 1. The molecule has 2 rings (SSSR count). The summed E-state index contributed by atoms with van der Waals surface area (Å²) in [4.78, 5) is 15.8. The first-order chi connectivity index (χ1) is 9.70. The van der Waals surface area contributed by atoms with Crippen molar-refractivity contribution in [2.75, 3.05) is 12.3 Å². The zero-order chi connectivity index (χ0) is 14.4. The average molecular weight is 293 g/mol. The van der Waals surface area contributed by atoms with Gasteiger partial charge in [0, 0.05) is 18.9 Å². The van der Waals surface area contributed by atoms with Gasteiger partial charge in [0.2, 0.25) is 5.91 Å². The quantitative estimate of drug-likeness (QED) is 0.833. The second-order valence-corrected chi connectivity index (χ2v) is 5.14. The predicted octanol–water partition coefficient (Wildman–Crippen LogP) is 2.63. The maximum atomic E-state index is 13.2. The second kappa shape index (κ2) is 7.09. The van der Waals surface area contributed by atoms with Crippen LogP contribution in [0.2, 0.25) is 0 Å². The van der Waals surface area contributed by atoms with E-state index in [-0.39, 0.29) is 11.7 Å². The number of rotatable bonds is 6. The number of aromatic nitrogens is 2. The van der Waals surface area contributed by atoms with Crippen molar-refractivity contribution in [1.82, 2.24) is 14.9 Å². The first-order valence-electron chi connectivity index (χ1n) is 6.39. The van der Waals surface area contributed by atoms with Gasteiger partial charge < -0.3 is 5.32 Å². The van der Waals surface area contributed by atoms with E-state index in [0.29, 0.717) is 23.1 Å². The molecule has 1 N–H and O–H groups in total. The van der Waals surface area contributed by atoms with Crippen molar-refractivity contribution in [2.45, 2.75) is 18.5 Å². The number of nitrogens with zero attached hydrogens (tertiary/aromatic N) is 2. The molecule has 0 aliphatic carbocycles. The fourth-order valence-corrected chi connectivity index (χ4v) is 2.47. The molecule has 1 amide bonds. The van der Waals surface area contributed by atoms with E-state index >= 15 is 0 Å². The molecular formula is C14H16FN3OS. The highest BCUT2D eigenvalue weighted by molar-refractivity contribution is 7.99. The molecule has 20 heavy (non-hydrogen) atoms. The van der Waals surface area contributed by atoms with Gasteiger partial charge in [-0.2, -0.15) is 0 Å². The van der Waals surface area contributed by atoms with E-state index in [1.165, 1.54) is 23.9 Å². The zero-order valence-corrected chi connectivity index (χ0v) is 12.0. The Morgan fingerprint density at radius 1 is 1.50 bits per heavy atom. The lowest BCUT2D eigenvalue weighted by Gasteiger charge is -2.07. The second-order valence-electron chi connectivity index (χ2n) is 4.20. The first-order valence-corrected chi connectivity index (χ1v) is 7.38. The molecular weight excluding hydrogens is 277 g/mol. The highest BCUT2D eigenvalue weighted by Crippen LogP contribution is 2.20. The highest BCUT2D eigenvalue weighted by Gasteiger charge is 2.09. The average Bonchev–Trinajstić information content (AvgIpc) is 2.91. The third kappa shape index (κ3) is 3.84. The Hall–Kier alpha value is -1.82. The summed E-state index contributed by atoms with van der Waals surface area (Å²) in [6.07, 6.45) is 4.30. The van der Waals surface area contributed by atoms with Crippen molar-refractivity contribution in [2.24, 2.45) is 0 Å². The molecule has 0 bridgehead atoms. The van der Waals surface area contributed by atoms with Gasteiger partial charge >= 0.3 is 0 Å². The normalized spacial score (nSPS) is 10.5. The van der Waals surface area contributed by atoms with Crippen LogP contribution in [-0.2, 0) is 4.79 Å². The number of benzene rings is 1. The van der Waals surface area contributed by atoms with Crippen molar-refractivity contribution < 1.29 is 9.18 Å². The summed E-state index contributed by atoms with van der Waals surface area (Å²) in [5.74, 6) is -0.0229. The lowest BCUT2D eigenvalue weighted by molar-refractivity contribution is -0.118. The number of hydrogen-bond acceptors (Lipinski definition) is 3. The number of imidazole rings is 1. The van der Waals surface area contributed by atoms with Gasteiger partial charge in [-0.25, -0.2) is 9.37 Å². The summed E-state index contributed by atoms with van der Waals surface area (Å²) in [5, 5.41) is 3.48. The van der Waals surface area contributed by atoms with Crippen LogP contribution < -0.4 is 5.32 Å². The first kappa shape index (κ1) is 14.6. The molecule has 1 heterocycles. The molecule has 1 aromatic carbocycles. The van der Waals surface area contributed by atoms with E-state index in [1.807, 2.05) is 6.92 Å². The Kier molecular flexibility index (Phi) is 5.17. The number of halogens is 1. The third-order valence-corrected chi connectivity index (χ3v) is 3.56. The van der Waals surface area contributed by atoms with Crippen LogP contribution in [0.5, 0.6) is 0 Å². The number of carbonyl (C=O) groups is 1. The van der Waals surface area contributed by atoms with Crippen LogP contribution in [0.4, 0.5) is 4.39 Å². The zero-order valence-electron chi connectivity index (χ0n) is 11.2. The van der Waals surface area contributed by atoms with Crippen LogP contribution in [0.25, 0.3) is 5.69 Å². The molecule has 106 valence electrons. The Bertz CT molecular complexity index is 585. The van der Waals surface area contributed by atoms with Gasteiger partial charge in [0.25, 0.3) is 0 Å². The lowest BCUT2D eigenvalue weighted by atomic mass is 10.3. The molecule has 0 saturated heterocycles. The van der Waals surface area contributed by atoms with E-state index < -0.39 is 0 Å². The van der Waals surface area contributed by atoms with Crippen LogP contribution in [0.1, 0.15) is 13.3 Å². The number of hydrogen-bond donors (Lipinski definition) is 1.